The number of anilines is 2. The van der Waals surface area contributed by atoms with E-state index in [9.17, 15) is 14.0 Å². The number of aryl methyl sites for hydroxylation is 1. The molecule has 126 valence electrons. The van der Waals surface area contributed by atoms with Crippen molar-refractivity contribution in [3.05, 3.63) is 47.7 Å². The largest absolute Gasteiger partial charge is 0.469 e. The Bertz CT molecular complexity index is 787. The Labute approximate surface area is 138 Å². The third-order valence-electron chi connectivity index (χ3n) is 3.83. The molecule has 3 rings (SSSR count). The first kappa shape index (κ1) is 16.0. The van der Waals surface area contributed by atoms with Gasteiger partial charge in [0.25, 0.3) is 5.91 Å². The molecular weight excluding hydrogens is 315 g/mol. The van der Waals surface area contributed by atoms with Gasteiger partial charge in [0.05, 0.1) is 17.5 Å². The molecule has 2 N–H and O–H groups in total. The minimum atomic E-state index is -0.572. The highest BCUT2D eigenvalue weighted by Crippen LogP contribution is 2.24. The van der Waals surface area contributed by atoms with E-state index in [2.05, 4.69) is 10.6 Å². The summed E-state index contributed by atoms with van der Waals surface area (Å²) in [7, 11) is 0. The van der Waals surface area contributed by atoms with Crippen LogP contribution in [0.5, 0.6) is 0 Å². The summed E-state index contributed by atoms with van der Waals surface area (Å²) in [6, 6.07) is 5.21. The van der Waals surface area contributed by atoms with E-state index >= 15 is 0 Å². The van der Waals surface area contributed by atoms with E-state index in [1.807, 2.05) is 6.92 Å². The van der Waals surface area contributed by atoms with Gasteiger partial charge in [-0.1, -0.05) is 0 Å². The second kappa shape index (κ2) is 6.35. The van der Waals surface area contributed by atoms with Crippen LogP contribution in [0, 0.1) is 12.7 Å². The van der Waals surface area contributed by atoms with Gasteiger partial charge in [-0.2, -0.15) is 0 Å². The topological polar surface area (TPSA) is 80.6 Å². The van der Waals surface area contributed by atoms with Crippen molar-refractivity contribution in [3.63, 3.8) is 0 Å². The number of carbonyl (C=O) groups excluding carboxylic acids is 2. The lowest BCUT2D eigenvalue weighted by Crippen LogP contribution is -2.24. The minimum Gasteiger partial charge on any atom is -0.469 e. The number of cyclic esters (lactones) is 1. The number of benzene rings is 1. The van der Waals surface area contributed by atoms with E-state index < -0.39 is 17.8 Å². The molecule has 0 aliphatic carbocycles. The van der Waals surface area contributed by atoms with Gasteiger partial charge in [0.1, 0.15) is 23.7 Å². The van der Waals surface area contributed by atoms with Crippen LogP contribution in [0.25, 0.3) is 0 Å². The van der Waals surface area contributed by atoms with Crippen molar-refractivity contribution in [1.82, 2.24) is 0 Å². The molecule has 2 atom stereocenters. The number of hydrogen-bond donors (Lipinski definition) is 2. The van der Waals surface area contributed by atoms with Gasteiger partial charge in [0, 0.05) is 12.1 Å². The summed E-state index contributed by atoms with van der Waals surface area (Å²) in [6.07, 6.45) is 1.77. The molecule has 1 fully saturated rings. The number of nitrogens with one attached hydrogen (secondary N) is 2. The smallest absolute Gasteiger partial charge is 0.328 e. The van der Waals surface area contributed by atoms with Crippen molar-refractivity contribution in [2.24, 2.45) is 0 Å². The van der Waals surface area contributed by atoms with Crippen molar-refractivity contribution >= 4 is 23.3 Å². The highest BCUT2D eigenvalue weighted by atomic mass is 19.1. The molecule has 6 nitrogen and oxygen atoms in total. The van der Waals surface area contributed by atoms with Crippen LogP contribution in [0.3, 0.4) is 0 Å². The summed E-state index contributed by atoms with van der Waals surface area (Å²) in [4.78, 5) is 23.8. The monoisotopic (exact) mass is 332 g/mol. The summed E-state index contributed by atoms with van der Waals surface area (Å²) in [5.41, 5.74) is 0.873. The fourth-order valence-electron chi connectivity index (χ4n) is 2.60. The molecule has 1 saturated heterocycles. The lowest BCUT2D eigenvalue weighted by Gasteiger charge is -2.13. The van der Waals surface area contributed by atoms with Crippen molar-refractivity contribution in [3.8, 4) is 0 Å². The Balaban J connectivity index is 1.75. The van der Waals surface area contributed by atoms with Crippen molar-refractivity contribution < 1.29 is 23.1 Å². The molecule has 0 radical (unpaired) electrons. The van der Waals surface area contributed by atoms with Gasteiger partial charge >= 0.3 is 5.97 Å². The van der Waals surface area contributed by atoms with Gasteiger partial charge in [-0.15, -0.1) is 0 Å². The quantitative estimate of drug-likeness (QED) is 0.841. The molecule has 1 aliphatic rings. The summed E-state index contributed by atoms with van der Waals surface area (Å²) < 4.78 is 24.1. The van der Waals surface area contributed by atoms with Gasteiger partial charge in [-0.05, 0) is 38.1 Å². The van der Waals surface area contributed by atoms with E-state index in [0.29, 0.717) is 23.4 Å². The van der Waals surface area contributed by atoms with E-state index in [0.717, 1.165) is 0 Å². The Hall–Kier alpha value is -2.83. The van der Waals surface area contributed by atoms with Gasteiger partial charge in [0.15, 0.2) is 0 Å². The SMILES string of the molecule is Cc1occc1C(=O)Nc1cc(N[C@H]2C[C@@H](C)OC2=O)ccc1F. The molecule has 0 saturated carbocycles. The standard InChI is InChI=1S/C17H17FN2O4/c1-9-7-15(17(22)24-9)19-11-3-4-13(18)14(8-11)20-16(21)12-5-6-23-10(12)2/h3-6,8-9,15,19H,7H2,1-2H3,(H,20,21)/t9-,15+/m1/s1. The maximum absolute atomic E-state index is 14.0. The van der Waals surface area contributed by atoms with E-state index in [-0.39, 0.29) is 17.8 Å². The van der Waals surface area contributed by atoms with Gasteiger partial charge < -0.3 is 19.8 Å². The predicted octanol–water partition coefficient (Wildman–Crippen LogP) is 3.10. The van der Waals surface area contributed by atoms with Crippen LogP contribution in [-0.2, 0) is 9.53 Å². The third-order valence-corrected chi connectivity index (χ3v) is 3.83. The maximum Gasteiger partial charge on any atom is 0.328 e. The molecule has 0 bridgehead atoms. The first-order valence-corrected chi connectivity index (χ1v) is 7.56. The number of rotatable bonds is 4. The molecular formula is C17H17FN2O4. The van der Waals surface area contributed by atoms with E-state index in [1.165, 1.54) is 30.5 Å². The Morgan fingerprint density at radius 1 is 1.33 bits per heavy atom. The zero-order valence-corrected chi connectivity index (χ0v) is 13.3. The van der Waals surface area contributed by atoms with Crippen molar-refractivity contribution in [2.75, 3.05) is 10.6 Å². The molecule has 0 unspecified atom stereocenters. The summed E-state index contributed by atoms with van der Waals surface area (Å²) in [6.45, 7) is 3.46. The number of furan rings is 1. The second-order valence-electron chi connectivity index (χ2n) is 5.72. The lowest BCUT2D eigenvalue weighted by molar-refractivity contribution is -0.141. The molecule has 1 amide bonds. The number of carbonyl (C=O) groups is 2. The Morgan fingerprint density at radius 3 is 2.75 bits per heavy atom. The van der Waals surface area contributed by atoms with Crippen molar-refractivity contribution in [1.29, 1.82) is 0 Å². The number of halogens is 1. The van der Waals surface area contributed by atoms with E-state index in [1.54, 1.807) is 6.92 Å². The summed E-state index contributed by atoms with van der Waals surface area (Å²) in [5, 5.41) is 5.51. The molecule has 7 heteroatoms. The lowest BCUT2D eigenvalue weighted by atomic mass is 10.1. The summed E-state index contributed by atoms with van der Waals surface area (Å²) in [5.74, 6) is -0.931. The van der Waals surface area contributed by atoms with Gasteiger partial charge in [0.2, 0.25) is 0 Å². The van der Waals surface area contributed by atoms with Crippen LogP contribution in [-0.4, -0.2) is 24.0 Å². The number of ether oxygens (including phenoxy) is 1. The molecule has 2 heterocycles. The van der Waals surface area contributed by atoms with Crippen molar-refractivity contribution in [2.45, 2.75) is 32.4 Å². The third kappa shape index (κ3) is 3.24. The molecule has 1 aromatic carbocycles. The highest BCUT2D eigenvalue weighted by molar-refractivity contribution is 6.05. The number of amides is 1. The molecule has 24 heavy (non-hydrogen) atoms. The van der Waals surface area contributed by atoms with Gasteiger partial charge in [-0.25, -0.2) is 9.18 Å². The average molecular weight is 332 g/mol. The maximum atomic E-state index is 14.0. The number of hydrogen-bond acceptors (Lipinski definition) is 5. The first-order valence-electron chi connectivity index (χ1n) is 7.56. The second-order valence-corrected chi connectivity index (χ2v) is 5.72. The van der Waals surface area contributed by atoms with Crippen LogP contribution < -0.4 is 10.6 Å². The molecule has 1 aliphatic heterocycles. The number of esters is 1. The Morgan fingerprint density at radius 2 is 2.12 bits per heavy atom. The van der Waals surface area contributed by atoms with Crippen LogP contribution in [0.15, 0.2) is 34.9 Å². The molecule has 0 spiro atoms. The zero-order chi connectivity index (χ0) is 17.3. The molecule has 2 aromatic rings. The van der Waals surface area contributed by atoms with Gasteiger partial charge in [-0.3, -0.25) is 4.79 Å². The normalized spacial score (nSPS) is 19.9. The fraction of sp³-hybridized carbons (Fsp3) is 0.294. The first-order chi connectivity index (χ1) is 11.4. The van der Waals surface area contributed by atoms with Crippen LogP contribution in [0.1, 0.15) is 29.5 Å². The highest BCUT2D eigenvalue weighted by Gasteiger charge is 2.31. The average Bonchev–Trinajstić information content (AvgIpc) is 3.08. The fourth-order valence-corrected chi connectivity index (χ4v) is 2.60. The van der Waals surface area contributed by atoms with E-state index in [4.69, 9.17) is 9.15 Å². The Kier molecular flexibility index (Phi) is 4.24. The van der Waals surface area contributed by atoms with Crippen LogP contribution in [0.2, 0.25) is 0 Å². The predicted molar refractivity (Wildman–Crippen MR) is 85.4 cm³/mol. The minimum absolute atomic E-state index is 0.0185. The molecule has 1 aromatic heterocycles. The zero-order valence-electron chi connectivity index (χ0n) is 13.3. The summed E-state index contributed by atoms with van der Waals surface area (Å²) >= 11 is 0. The van der Waals surface area contributed by atoms with Crippen LogP contribution >= 0.6 is 0 Å². The van der Waals surface area contributed by atoms with Crippen LogP contribution in [0.4, 0.5) is 15.8 Å².